The summed E-state index contributed by atoms with van der Waals surface area (Å²) in [6.45, 7) is 5.70. The third-order valence-corrected chi connectivity index (χ3v) is 4.71. The number of hydrogen-bond donors (Lipinski definition) is 1. The highest BCUT2D eigenvalue weighted by molar-refractivity contribution is 6.03. The maximum absolute atomic E-state index is 13.6. The first-order valence-corrected chi connectivity index (χ1v) is 8.56. The fourth-order valence-corrected chi connectivity index (χ4v) is 3.45. The number of nitrogens with one attached hydrogen (secondary N) is 1. The lowest BCUT2D eigenvalue weighted by Gasteiger charge is -2.27. The van der Waals surface area contributed by atoms with Crippen molar-refractivity contribution in [1.29, 1.82) is 0 Å². The zero-order valence-corrected chi connectivity index (χ0v) is 15.0. The number of hydrogen-bond acceptors (Lipinski definition) is 3. The minimum absolute atomic E-state index is 0.0232. The first kappa shape index (κ1) is 18.3. The van der Waals surface area contributed by atoms with Crippen LogP contribution in [0, 0.1) is 24.0 Å². The van der Waals surface area contributed by atoms with Gasteiger partial charge in [-0.05, 0) is 30.9 Å². The number of carbonyl (C=O) groups excluding carboxylic acids is 2. The molecule has 1 aromatic carbocycles. The third kappa shape index (κ3) is 3.41. The largest absolute Gasteiger partial charge is 0.455 e. The summed E-state index contributed by atoms with van der Waals surface area (Å²) in [4.78, 5) is 24.8. The maximum atomic E-state index is 13.6. The van der Waals surface area contributed by atoms with Gasteiger partial charge in [0.2, 0.25) is 0 Å². The van der Waals surface area contributed by atoms with Crippen molar-refractivity contribution in [2.45, 2.75) is 40.0 Å². The van der Waals surface area contributed by atoms with Crippen molar-refractivity contribution in [3.8, 4) is 0 Å². The number of ketones is 1. The van der Waals surface area contributed by atoms with E-state index in [0.717, 1.165) is 0 Å². The second-order valence-corrected chi connectivity index (χ2v) is 7.50. The second-order valence-electron chi connectivity index (χ2n) is 7.50. The highest BCUT2D eigenvalue weighted by atomic mass is 19.1. The molecule has 1 aliphatic rings. The molecular weight excluding hydrogens is 340 g/mol. The molecule has 0 bridgehead atoms. The van der Waals surface area contributed by atoms with Gasteiger partial charge in [0.25, 0.3) is 5.91 Å². The highest BCUT2D eigenvalue weighted by Crippen LogP contribution is 2.38. The van der Waals surface area contributed by atoms with Gasteiger partial charge in [0.15, 0.2) is 11.5 Å². The number of furan rings is 1. The van der Waals surface area contributed by atoms with Gasteiger partial charge in [0.1, 0.15) is 17.4 Å². The third-order valence-electron chi connectivity index (χ3n) is 4.71. The van der Waals surface area contributed by atoms with Gasteiger partial charge in [-0.15, -0.1) is 0 Å². The van der Waals surface area contributed by atoms with Crippen LogP contribution < -0.4 is 5.32 Å². The average Bonchev–Trinajstić information content (AvgIpc) is 2.85. The normalized spacial score (nSPS) is 15.7. The van der Waals surface area contributed by atoms with Crippen LogP contribution >= 0.6 is 0 Å². The van der Waals surface area contributed by atoms with Crippen LogP contribution in [0.25, 0.3) is 0 Å². The topological polar surface area (TPSA) is 59.3 Å². The predicted molar refractivity (Wildman–Crippen MR) is 92.3 cm³/mol. The van der Waals surface area contributed by atoms with Gasteiger partial charge in [-0.2, -0.15) is 0 Å². The second kappa shape index (κ2) is 6.67. The Kier molecular flexibility index (Phi) is 4.69. The number of amides is 1. The van der Waals surface area contributed by atoms with E-state index in [-0.39, 0.29) is 35.5 Å². The molecule has 0 spiro atoms. The Morgan fingerprint density at radius 3 is 2.54 bits per heavy atom. The molecule has 1 amide bonds. The summed E-state index contributed by atoms with van der Waals surface area (Å²) in [6.07, 6.45) is 1.02. The van der Waals surface area contributed by atoms with Crippen molar-refractivity contribution in [2.75, 3.05) is 6.54 Å². The molecule has 0 fully saturated rings. The SMILES string of the molecule is Cc1c(C(=O)NCCc2c(F)cccc2F)oc2c1C(=O)CC(C)(C)C2. The molecule has 0 unspecified atom stereocenters. The van der Waals surface area contributed by atoms with Crippen LogP contribution in [-0.4, -0.2) is 18.2 Å². The number of carbonyl (C=O) groups is 2. The molecule has 0 saturated carbocycles. The molecule has 2 aromatic rings. The molecule has 4 nitrogen and oxygen atoms in total. The van der Waals surface area contributed by atoms with Crippen molar-refractivity contribution >= 4 is 11.7 Å². The zero-order valence-electron chi connectivity index (χ0n) is 15.0. The van der Waals surface area contributed by atoms with Crippen LogP contribution in [0.2, 0.25) is 0 Å². The standard InChI is InChI=1S/C20H21F2NO3/c1-11-17-15(24)9-20(2,3)10-16(17)26-18(11)19(25)23-8-7-12-13(21)5-4-6-14(12)22/h4-6H,7-10H2,1-3H3,(H,23,25). The van der Waals surface area contributed by atoms with E-state index in [2.05, 4.69) is 5.32 Å². The summed E-state index contributed by atoms with van der Waals surface area (Å²) in [5.41, 5.74) is 0.745. The summed E-state index contributed by atoms with van der Waals surface area (Å²) in [7, 11) is 0. The van der Waals surface area contributed by atoms with Gasteiger partial charge in [-0.1, -0.05) is 19.9 Å². The van der Waals surface area contributed by atoms with E-state index in [0.29, 0.717) is 29.7 Å². The molecule has 0 atom stereocenters. The lowest BCUT2D eigenvalue weighted by Crippen LogP contribution is -2.27. The lowest BCUT2D eigenvalue weighted by molar-refractivity contribution is 0.0889. The van der Waals surface area contributed by atoms with E-state index < -0.39 is 17.5 Å². The Bertz CT molecular complexity index is 863. The van der Waals surface area contributed by atoms with Crippen molar-refractivity contribution in [1.82, 2.24) is 5.32 Å². The number of Topliss-reactive ketones (excluding diaryl/α,β-unsaturated/α-hetero) is 1. The van der Waals surface area contributed by atoms with Crippen molar-refractivity contribution < 1.29 is 22.8 Å². The quantitative estimate of drug-likeness (QED) is 0.896. The van der Waals surface area contributed by atoms with Crippen molar-refractivity contribution in [3.63, 3.8) is 0 Å². The molecule has 138 valence electrons. The van der Waals surface area contributed by atoms with E-state index in [9.17, 15) is 18.4 Å². The lowest BCUT2D eigenvalue weighted by atomic mass is 9.76. The van der Waals surface area contributed by atoms with Crippen LogP contribution in [0.5, 0.6) is 0 Å². The summed E-state index contributed by atoms with van der Waals surface area (Å²) in [5.74, 6) is -1.17. The van der Waals surface area contributed by atoms with Crippen LogP contribution in [0.1, 0.15) is 58.1 Å². The number of fused-ring (bicyclic) bond motifs is 1. The van der Waals surface area contributed by atoms with Crippen LogP contribution in [0.15, 0.2) is 22.6 Å². The van der Waals surface area contributed by atoms with Gasteiger partial charge in [-0.25, -0.2) is 8.78 Å². The Labute approximate surface area is 150 Å². The molecule has 3 rings (SSSR count). The summed E-state index contributed by atoms with van der Waals surface area (Å²) in [6, 6.07) is 3.65. The molecule has 0 aliphatic heterocycles. The molecule has 1 heterocycles. The van der Waals surface area contributed by atoms with E-state index in [1.54, 1.807) is 6.92 Å². The Balaban J connectivity index is 1.73. The Morgan fingerprint density at radius 2 is 1.88 bits per heavy atom. The summed E-state index contributed by atoms with van der Waals surface area (Å²) >= 11 is 0. The van der Waals surface area contributed by atoms with Crippen LogP contribution in [-0.2, 0) is 12.8 Å². The van der Waals surface area contributed by atoms with Crippen LogP contribution in [0.4, 0.5) is 8.78 Å². The highest BCUT2D eigenvalue weighted by Gasteiger charge is 2.36. The molecule has 1 aliphatic carbocycles. The molecule has 1 aromatic heterocycles. The number of halogens is 2. The fraction of sp³-hybridized carbons (Fsp3) is 0.400. The Morgan fingerprint density at radius 1 is 1.23 bits per heavy atom. The molecule has 26 heavy (non-hydrogen) atoms. The predicted octanol–water partition coefficient (Wildman–Crippen LogP) is 3.99. The molecular formula is C20H21F2NO3. The van der Waals surface area contributed by atoms with E-state index in [1.165, 1.54) is 18.2 Å². The maximum Gasteiger partial charge on any atom is 0.287 e. The van der Waals surface area contributed by atoms with Gasteiger partial charge >= 0.3 is 0 Å². The average molecular weight is 361 g/mol. The Hall–Kier alpha value is -2.50. The monoisotopic (exact) mass is 361 g/mol. The molecule has 0 saturated heterocycles. The first-order chi connectivity index (χ1) is 12.2. The molecule has 1 N–H and O–H groups in total. The first-order valence-electron chi connectivity index (χ1n) is 8.56. The van der Waals surface area contributed by atoms with E-state index >= 15 is 0 Å². The molecule has 0 radical (unpaired) electrons. The molecule has 6 heteroatoms. The number of rotatable bonds is 4. The van der Waals surface area contributed by atoms with Gasteiger partial charge < -0.3 is 9.73 Å². The van der Waals surface area contributed by atoms with Crippen LogP contribution in [0.3, 0.4) is 0 Å². The van der Waals surface area contributed by atoms with Gasteiger partial charge in [0.05, 0.1) is 5.56 Å². The fourth-order valence-electron chi connectivity index (χ4n) is 3.45. The minimum atomic E-state index is -0.642. The summed E-state index contributed by atoms with van der Waals surface area (Å²) in [5, 5.41) is 2.61. The smallest absolute Gasteiger partial charge is 0.287 e. The van der Waals surface area contributed by atoms with Crippen molar-refractivity contribution in [2.24, 2.45) is 5.41 Å². The van der Waals surface area contributed by atoms with Crippen molar-refractivity contribution in [3.05, 3.63) is 58.0 Å². The number of benzene rings is 1. The zero-order chi connectivity index (χ0) is 19.1. The van der Waals surface area contributed by atoms with Gasteiger partial charge in [-0.3, -0.25) is 9.59 Å². The summed E-state index contributed by atoms with van der Waals surface area (Å²) < 4.78 is 32.9. The van der Waals surface area contributed by atoms with E-state index in [4.69, 9.17) is 4.42 Å². The minimum Gasteiger partial charge on any atom is -0.455 e. The van der Waals surface area contributed by atoms with E-state index in [1.807, 2.05) is 13.8 Å². The van der Waals surface area contributed by atoms with Gasteiger partial charge in [0, 0.05) is 30.5 Å².